The Kier molecular flexibility index (Phi) is 4.89. The number of H-pyrrole nitrogens is 1. The fourth-order valence-electron chi connectivity index (χ4n) is 3.28. The van der Waals surface area contributed by atoms with Crippen molar-refractivity contribution in [2.45, 2.75) is 32.7 Å². The number of benzene rings is 2. The van der Waals surface area contributed by atoms with Crippen LogP contribution in [0, 0.1) is 0 Å². The number of unbranched alkanes of at least 4 members (excludes halogenated alkanes) is 2. The van der Waals surface area contributed by atoms with Crippen LogP contribution in [0.1, 0.15) is 36.7 Å². The van der Waals surface area contributed by atoms with E-state index in [1.54, 1.807) is 36.5 Å². The van der Waals surface area contributed by atoms with E-state index in [2.05, 4.69) is 27.5 Å². The second-order valence-corrected chi connectivity index (χ2v) is 6.76. The summed E-state index contributed by atoms with van der Waals surface area (Å²) in [4.78, 5) is 25.7. The average Bonchev–Trinajstić information content (AvgIpc) is 3.18. The highest BCUT2D eigenvalue weighted by atomic mass is 16.2. The number of hydrogen-bond acceptors (Lipinski definition) is 4. The minimum atomic E-state index is -0.344. The van der Waals surface area contributed by atoms with Crippen molar-refractivity contribution in [1.82, 2.24) is 20.0 Å². The molecule has 0 unspecified atom stereocenters. The monoisotopic (exact) mass is 375 g/mol. The van der Waals surface area contributed by atoms with Crippen molar-refractivity contribution in [2.24, 2.45) is 0 Å². The zero-order chi connectivity index (χ0) is 19.5. The molecule has 0 saturated carbocycles. The van der Waals surface area contributed by atoms with Gasteiger partial charge in [-0.05, 0) is 30.7 Å². The Morgan fingerprint density at radius 1 is 1.14 bits per heavy atom. The lowest BCUT2D eigenvalue weighted by molar-refractivity contribution is 0.102. The summed E-state index contributed by atoms with van der Waals surface area (Å²) in [5, 5.41) is 16.1. The lowest BCUT2D eigenvalue weighted by Gasteiger charge is -2.11. The molecule has 0 aliphatic carbocycles. The average molecular weight is 375 g/mol. The number of hydrogen-bond donors (Lipinski definition) is 2. The summed E-state index contributed by atoms with van der Waals surface area (Å²) in [6.07, 6.45) is 4.60. The van der Waals surface area contributed by atoms with Gasteiger partial charge in [-0.25, -0.2) is 4.68 Å². The Labute approximate surface area is 161 Å². The SMILES string of the molecule is CCCCCn1nc(C(=O)Nc2ccc3[nH]ncc3c2)c2ccccc2c1=O. The number of carbonyl (C=O) groups excluding carboxylic acids is 1. The molecule has 1 amide bonds. The van der Waals surface area contributed by atoms with Gasteiger partial charge >= 0.3 is 0 Å². The minimum absolute atomic E-state index is 0.164. The van der Waals surface area contributed by atoms with Gasteiger partial charge in [0.05, 0.1) is 17.1 Å². The molecule has 0 spiro atoms. The molecule has 0 saturated heterocycles. The maximum atomic E-state index is 13.0. The van der Waals surface area contributed by atoms with Crippen molar-refractivity contribution in [2.75, 3.05) is 5.32 Å². The summed E-state index contributed by atoms with van der Waals surface area (Å²) >= 11 is 0. The molecule has 7 heteroatoms. The highest BCUT2D eigenvalue weighted by Crippen LogP contribution is 2.19. The zero-order valence-electron chi connectivity index (χ0n) is 15.6. The van der Waals surface area contributed by atoms with E-state index >= 15 is 0 Å². The smallest absolute Gasteiger partial charge is 0.276 e. The van der Waals surface area contributed by atoms with Crippen LogP contribution in [0.2, 0.25) is 0 Å². The molecule has 7 nitrogen and oxygen atoms in total. The molecule has 4 aromatic rings. The number of rotatable bonds is 6. The first kappa shape index (κ1) is 17.9. The molecule has 0 radical (unpaired) electrons. The molecule has 4 rings (SSSR count). The molecule has 28 heavy (non-hydrogen) atoms. The Bertz CT molecular complexity index is 1210. The molecular formula is C21H21N5O2. The van der Waals surface area contributed by atoms with Crippen molar-refractivity contribution in [3.05, 3.63) is 64.7 Å². The van der Waals surface area contributed by atoms with Crippen molar-refractivity contribution < 1.29 is 4.79 Å². The predicted molar refractivity (Wildman–Crippen MR) is 110 cm³/mol. The lowest BCUT2D eigenvalue weighted by Crippen LogP contribution is -2.27. The van der Waals surface area contributed by atoms with Gasteiger partial charge in [0.15, 0.2) is 5.69 Å². The van der Waals surface area contributed by atoms with E-state index in [1.807, 2.05) is 12.1 Å². The van der Waals surface area contributed by atoms with Crippen LogP contribution in [0.5, 0.6) is 0 Å². The van der Waals surface area contributed by atoms with Gasteiger partial charge in [-0.15, -0.1) is 0 Å². The van der Waals surface area contributed by atoms with Crippen LogP contribution in [0.4, 0.5) is 5.69 Å². The zero-order valence-corrected chi connectivity index (χ0v) is 15.6. The topological polar surface area (TPSA) is 92.7 Å². The summed E-state index contributed by atoms with van der Waals surface area (Å²) < 4.78 is 1.41. The van der Waals surface area contributed by atoms with Crippen LogP contribution in [0.15, 0.2) is 53.5 Å². The van der Waals surface area contributed by atoms with Crippen LogP contribution in [-0.4, -0.2) is 25.9 Å². The van der Waals surface area contributed by atoms with E-state index in [-0.39, 0.29) is 17.2 Å². The van der Waals surface area contributed by atoms with Gasteiger partial charge in [-0.3, -0.25) is 14.7 Å². The van der Waals surface area contributed by atoms with Crippen LogP contribution in [0.3, 0.4) is 0 Å². The quantitative estimate of drug-likeness (QED) is 0.502. The van der Waals surface area contributed by atoms with Gasteiger partial charge < -0.3 is 5.32 Å². The maximum Gasteiger partial charge on any atom is 0.276 e. The highest BCUT2D eigenvalue weighted by molar-refractivity contribution is 6.11. The molecule has 2 heterocycles. The molecule has 0 aliphatic rings. The lowest BCUT2D eigenvalue weighted by atomic mass is 10.1. The molecule has 2 aromatic heterocycles. The molecule has 0 fully saturated rings. The molecule has 2 N–H and O–H groups in total. The van der Waals surface area contributed by atoms with Crippen molar-refractivity contribution >= 4 is 33.3 Å². The number of fused-ring (bicyclic) bond motifs is 2. The Morgan fingerprint density at radius 2 is 1.96 bits per heavy atom. The van der Waals surface area contributed by atoms with Crippen LogP contribution >= 0.6 is 0 Å². The number of aryl methyl sites for hydroxylation is 1. The van der Waals surface area contributed by atoms with Crippen molar-refractivity contribution in [3.8, 4) is 0 Å². The number of amides is 1. The fourth-order valence-corrected chi connectivity index (χ4v) is 3.28. The Balaban J connectivity index is 1.72. The predicted octanol–water partition coefficient (Wildman–Crippen LogP) is 3.72. The summed E-state index contributed by atoms with van der Waals surface area (Å²) in [7, 11) is 0. The van der Waals surface area contributed by atoms with Crippen LogP contribution < -0.4 is 10.9 Å². The number of carbonyl (C=O) groups is 1. The fraction of sp³-hybridized carbons (Fsp3) is 0.238. The van der Waals surface area contributed by atoms with Gasteiger partial charge in [0.1, 0.15) is 0 Å². The standard InChI is InChI=1S/C21H21N5O2/c1-2-3-6-11-26-21(28)17-8-5-4-7-16(17)19(25-26)20(27)23-15-9-10-18-14(12-15)13-22-24-18/h4-5,7-10,12-13H,2-3,6,11H2,1H3,(H,22,24)(H,23,27). The molecule has 142 valence electrons. The summed E-state index contributed by atoms with van der Waals surface area (Å²) in [6.45, 7) is 2.60. The number of nitrogens with one attached hydrogen (secondary N) is 2. The highest BCUT2D eigenvalue weighted by Gasteiger charge is 2.17. The second-order valence-electron chi connectivity index (χ2n) is 6.76. The number of aromatic nitrogens is 4. The van der Waals surface area contributed by atoms with Crippen molar-refractivity contribution in [1.29, 1.82) is 0 Å². The Hall–Kier alpha value is -3.48. The minimum Gasteiger partial charge on any atom is -0.321 e. The number of aromatic amines is 1. The molecule has 0 bridgehead atoms. The van der Waals surface area contributed by atoms with E-state index in [1.165, 1.54) is 4.68 Å². The maximum absolute atomic E-state index is 13.0. The largest absolute Gasteiger partial charge is 0.321 e. The van der Waals surface area contributed by atoms with Crippen LogP contribution in [-0.2, 0) is 6.54 Å². The normalized spacial score (nSPS) is 11.2. The molecular weight excluding hydrogens is 354 g/mol. The first-order valence-electron chi connectivity index (χ1n) is 9.41. The number of nitrogens with zero attached hydrogens (tertiary/aromatic N) is 3. The summed E-state index contributed by atoms with van der Waals surface area (Å²) in [5.74, 6) is -0.344. The second kappa shape index (κ2) is 7.64. The van der Waals surface area contributed by atoms with E-state index in [9.17, 15) is 9.59 Å². The third-order valence-corrected chi connectivity index (χ3v) is 4.75. The third-order valence-electron chi connectivity index (χ3n) is 4.75. The molecule has 0 aliphatic heterocycles. The van der Waals surface area contributed by atoms with Gasteiger partial charge in [0.2, 0.25) is 0 Å². The van der Waals surface area contributed by atoms with Gasteiger partial charge in [-0.1, -0.05) is 38.0 Å². The number of anilines is 1. The van der Waals surface area contributed by atoms with Gasteiger partial charge in [0, 0.05) is 23.0 Å². The van der Waals surface area contributed by atoms with Crippen LogP contribution in [0.25, 0.3) is 21.7 Å². The molecule has 0 atom stereocenters. The molecule has 2 aromatic carbocycles. The summed E-state index contributed by atoms with van der Waals surface area (Å²) in [6, 6.07) is 12.6. The van der Waals surface area contributed by atoms with E-state index in [0.29, 0.717) is 23.0 Å². The van der Waals surface area contributed by atoms with Crippen molar-refractivity contribution in [3.63, 3.8) is 0 Å². The summed E-state index contributed by atoms with van der Waals surface area (Å²) in [5.41, 5.74) is 1.63. The first-order chi connectivity index (χ1) is 13.7. The first-order valence-corrected chi connectivity index (χ1v) is 9.41. The third kappa shape index (κ3) is 3.38. The van der Waals surface area contributed by atoms with Gasteiger partial charge in [0.25, 0.3) is 11.5 Å². The van der Waals surface area contributed by atoms with E-state index in [0.717, 1.165) is 30.2 Å². The Morgan fingerprint density at radius 3 is 2.79 bits per heavy atom. The van der Waals surface area contributed by atoms with E-state index in [4.69, 9.17) is 0 Å². The van der Waals surface area contributed by atoms with Gasteiger partial charge in [-0.2, -0.15) is 10.2 Å². The van der Waals surface area contributed by atoms with E-state index < -0.39 is 0 Å².